The first kappa shape index (κ1) is 29.1. The Hall–Kier alpha value is -3.43. The van der Waals surface area contributed by atoms with Gasteiger partial charge >= 0.3 is 0 Å². The van der Waals surface area contributed by atoms with Gasteiger partial charge in [0.2, 0.25) is 0 Å². The number of carbonyl (C=O) groups is 1. The maximum absolute atomic E-state index is 14.0. The van der Waals surface area contributed by atoms with Crippen LogP contribution in [0.4, 0.5) is 5.69 Å². The number of nitrogens with zero attached hydrogens (tertiary/aromatic N) is 2. The Bertz CT molecular complexity index is 1680. The zero-order chi connectivity index (χ0) is 29.6. The molecule has 0 saturated heterocycles. The van der Waals surface area contributed by atoms with Crippen LogP contribution in [0.25, 0.3) is 0 Å². The molecule has 2 aliphatic rings. The maximum atomic E-state index is 14.0. The number of rotatable bonds is 5. The molecule has 1 aliphatic carbocycles. The molecule has 2 N–H and O–H groups in total. The number of nitrogens with two attached hydrogens (primary N) is 1. The molecule has 5 rings (SSSR count). The molecule has 1 atom stereocenters. The number of carbonyl (C=O) groups excluding carboxylic acids is 1. The average molecular weight is 607 g/mol. The highest BCUT2D eigenvalue weighted by atomic mass is 35.5. The first-order valence-electron chi connectivity index (χ1n) is 13.3. The Morgan fingerprint density at radius 1 is 1.02 bits per heavy atom. The fourth-order valence-electron chi connectivity index (χ4n) is 5.86. The van der Waals surface area contributed by atoms with E-state index in [0.29, 0.717) is 50.5 Å². The summed E-state index contributed by atoms with van der Waals surface area (Å²) in [6.45, 7) is 8.41. The van der Waals surface area contributed by atoms with Crippen molar-refractivity contribution in [3.05, 3.63) is 115 Å². The van der Waals surface area contributed by atoms with E-state index in [1.54, 1.807) is 29.2 Å². The van der Waals surface area contributed by atoms with Crippen LogP contribution in [0.15, 0.2) is 77.3 Å². The van der Waals surface area contributed by atoms with Crippen molar-refractivity contribution in [3.8, 4) is 11.8 Å². The van der Waals surface area contributed by atoms with Crippen LogP contribution < -0.4 is 15.4 Å². The number of hydrogen-bond donors (Lipinski definition) is 1. The molecule has 0 radical (unpaired) electrons. The summed E-state index contributed by atoms with van der Waals surface area (Å²) in [5, 5.41) is 11.9. The quantitative estimate of drug-likeness (QED) is 0.314. The molecule has 8 heteroatoms. The second-order valence-electron chi connectivity index (χ2n) is 11.4. The summed E-state index contributed by atoms with van der Waals surface area (Å²) in [6.07, 6.45) is 0.937. The Labute approximate surface area is 255 Å². The van der Waals surface area contributed by atoms with Crippen LogP contribution in [0.1, 0.15) is 54.9 Å². The number of benzene rings is 3. The van der Waals surface area contributed by atoms with Gasteiger partial charge in [-0.2, -0.15) is 5.26 Å². The van der Waals surface area contributed by atoms with Crippen molar-refractivity contribution in [1.29, 1.82) is 5.26 Å². The fraction of sp³-hybridized carbons (Fsp3) is 0.273. The van der Waals surface area contributed by atoms with Crippen molar-refractivity contribution < 1.29 is 9.53 Å². The standard InChI is InChI=1S/C33H30Cl3N3O2/c1-18-11-19(2)22(12-20(18)17-41-29-8-6-5-7-24(29)35)30-23(16-37)32(38)39(26-10-9-21(34)13-25(26)36)27-14-33(3,4)15-28(40)31(27)30/h5-13,30H,14-15,17,38H2,1-4H3. The van der Waals surface area contributed by atoms with E-state index in [1.807, 2.05) is 38.1 Å². The van der Waals surface area contributed by atoms with Gasteiger partial charge in [0.05, 0.1) is 33.3 Å². The van der Waals surface area contributed by atoms with Crippen molar-refractivity contribution in [1.82, 2.24) is 0 Å². The third-order valence-corrected chi connectivity index (χ3v) is 8.64. The zero-order valence-corrected chi connectivity index (χ0v) is 25.6. The highest BCUT2D eigenvalue weighted by molar-refractivity contribution is 6.36. The van der Waals surface area contributed by atoms with Crippen LogP contribution in [0.5, 0.6) is 5.75 Å². The van der Waals surface area contributed by atoms with Gasteiger partial charge in [-0.05, 0) is 78.3 Å². The molecular formula is C33H30Cl3N3O2. The Kier molecular flexibility index (Phi) is 7.87. The van der Waals surface area contributed by atoms with Gasteiger partial charge in [-0.1, -0.05) is 72.9 Å². The summed E-state index contributed by atoms with van der Waals surface area (Å²) in [5.41, 5.74) is 12.5. The van der Waals surface area contributed by atoms with E-state index in [0.717, 1.165) is 28.0 Å². The molecule has 0 saturated carbocycles. The van der Waals surface area contributed by atoms with Gasteiger partial charge in [0, 0.05) is 22.7 Å². The number of Topliss-reactive ketones (excluding diaryl/α,β-unsaturated/α-hetero) is 1. The fourth-order valence-corrected chi connectivity index (χ4v) is 6.54. The summed E-state index contributed by atoms with van der Waals surface area (Å²) in [4.78, 5) is 15.7. The minimum atomic E-state index is -0.624. The first-order valence-corrected chi connectivity index (χ1v) is 14.4. The van der Waals surface area contributed by atoms with Crippen LogP contribution in [0, 0.1) is 30.6 Å². The molecule has 3 aromatic carbocycles. The minimum absolute atomic E-state index is 0.00886. The molecule has 3 aromatic rings. The molecule has 1 heterocycles. The molecule has 1 unspecified atom stereocenters. The van der Waals surface area contributed by atoms with E-state index < -0.39 is 5.92 Å². The number of anilines is 1. The summed E-state index contributed by atoms with van der Waals surface area (Å²) < 4.78 is 6.07. The number of nitriles is 1. The van der Waals surface area contributed by atoms with Crippen LogP contribution in [-0.2, 0) is 11.4 Å². The van der Waals surface area contributed by atoms with Crippen LogP contribution >= 0.6 is 34.8 Å². The van der Waals surface area contributed by atoms with Crippen LogP contribution in [0.2, 0.25) is 15.1 Å². The van der Waals surface area contributed by atoms with Gasteiger partial charge < -0.3 is 10.5 Å². The average Bonchev–Trinajstić information content (AvgIpc) is 2.89. The van der Waals surface area contributed by atoms with E-state index in [1.165, 1.54) is 0 Å². The van der Waals surface area contributed by atoms with E-state index in [9.17, 15) is 10.1 Å². The van der Waals surface area contributed by atoms with E-state index in [-0.39, 0.29) is 23.6 Å². The lowest BCUT2D eigenvalue weighted by molar-refractivity contribution is -0.118. The molecule has 0 fully saturated rings. The van der Waals surface area contributed by atoms with Gasteiger partial charge in [-0.25, -0.2) is 0 Å². The Balaban J connectivity index is 1.68. The van der Waals surface area contributed by atoms with Crippen LogP contribution in [-0.4, -0.2) is 5.78 Å². The minimum Gasteiger partial charge on any atom is -0.487 e. The molecule has 1 aliphatic heterocycles. The molecule has 0 amide bonds. The molecule has 5 nitrogen and oxygen atoms in total. The first-order chi connectivity index (χ1) is 19.4. The maximum Gasteiger partial charge on any atom is 0.162 e. The number of halogens is 3. The number of aryl methyl sites for hydroxylation is 2. The third-order valence-electron chi connectivity index (χ3n) is 7.79. The number of hydrogen-bond acceptors (Lipinski definition) is 5. The Morgan fingerprint density at radius 3 is 2.44 bits per heavy atom. The van der Waals surface area contributed by atoms with Crippen LogP contribution in [0.3, 0.4) is 0 Å². The van der Waals surface area contributed by atoms with Gasteiger partial charge in [-0.3, -0.25) is 9.69 Å². The number of ketones is 1. The van der Waals surface area contributed by atoms with E-state index in [4.69, 9.17) is 45.3 Å². The second-order valence-corrected chi connectivity index (χ2v) is 12.7. The monoisotopic (exact) mass is 605 g/mol. The lowest BCUT2D eigenvalue weighted by Gasteiger charge is -2.44. The Morgan fingerprint density at radius 2 is 1.76 bits per heavy atom. The molecular weight excluding hydrogens is 577 g/mol. The lowest BCUT2D eigenvalue weighted by atomic mass is 9.68. The largest absolute Gasteiger partial charge is 0.487 e. The molecule has 0 bridgehead atoms. The zero-order valence-electron chi connectivity index (χ0n) is 23.3. The normalized spacial score (nSPS) is 18.3. The smallest absolute Gasteiger partial charge is 0.162 e. The van der Waals surface area contributed by atoms with Crippen molar-refractivity contribution in [3.63, 3.8) is 0 Å². The topological polar surface area (TPSA) is 79.4 Å². The number of allylic oxidation sites excluding steroid dienone is 3. The summed E-state index contributed by atoms with van der Waals surface area (Å²) in [7, 11) is 0. The number of ether oxygens (including phenoxy) is 1. The highest BCUT2D eigenvalue weighted by Crippen LogP contribution is 2.51. The summed E-state index contributed by atoms with van der Waals surface area (Å²) in [6, 6.07) is 18.9. The van der Waals surface area contributed by atoms with Crippen molar-refractivity contribution in [2.75, 3.05) is 4.90 Å². The predicted molar refractivity (Wildman–Crippen MR) is 165 cm³/mol. The van der Waals surface area contributed by atoms with Gasteiger partial charge in [-0.15, -0.1) is 0 Å². The SMILES string of the molecule is Cc1cc(C)c(C2C(C#N)=C(N)N(c3ccc(Cl)cc3Cl)C3=C2C(=O)CC(C)(C)C3)cc1COc1ccccc1Cl. The highest BCUT2D eigenvalue weighted by Gasteiger charge is 2.45. The molecule has 210 valence electrons. The predicted octanol–water partition coefficient (Wildman–Crippen LogP) is 8.78. The number of para-hydroxylation sites is 1. The summed E-state index contributed by atoms with van der Waals surface area (Å²) in [5.74, 6) is 0.200. The van der Waals surface area contributed by atoms with Crippen molar-refractivity contribution in [2.24, 2.45) is 11.1 Å². The van der Waals surface area contributed by atoms with E-state index in [2.05, 4.69) is 26.0 Å². The van der Waals surface area contributed by atoms with Crippen molar-refractivity contribution >= 4 is 46.3 Å². The molecule has 0 spiro atoms. The third kappa shape index (κ3) is 5.45. The van der Waals surface area contributed by atoms with Gasteiger partial charge in [0.25, 0.3) is 0 Å². The van der Waals surface area contributed by atoms with E-state index >= 15 is 0 Å². The summed E-state index contributed by atoms with van der Waals surface area (Å²) >= 11 is 19.2. The second kappa shape index (κ2) is 11.1. The van der Waals surface area contributed by atoms with Gasteiger partial charge in [0.1, 0.15) is 18.2 Å². The van der Waals surface area contributed by atoms with Gasteiger partial charge in [0.15, 0.2) is 5.78 Å². The van der Waals surface area contributed by atoms with Crippen molar-refractivity contribution in [2.45, 2.75) is 53.1 Å². The molecule has 41 heavy (non-hydrogen) atoms. The molecule has 0 aromatic heterocycles. The lowest BCUT2D eigenvalue weighted by Crippen LogP contribution is -2.42.